The molecule has 2 aromatic carbocycles. The van der Waals surface area contributed by atoms with Gasteiger partial charge in [-0.15, -0.1) is 0 Å². The molecule has 0 aliphatic heterocycles. The maximum absolute atomic E-state index is 13.1. The van der Waals surface area contributed by atoms with Crippen LogP contribution >= 0.6 is 0 Å². The zero-order chi connectivity index (χ0) is 22.0. The average molecular weight is 408 g/mol. The third kappa shape index (κ3) is 4.25. The highest BCUT2D eigenvalue weighted by Crippen LogP contribution is 2.27. The molecule has 158 valence electrons. The minimum absolute atomic E-state index is 0.0721. The van der Waals surface area contributed by atoms with Crippen molar-refractivity contribution in [1.82, 2.24) is 4.90 Å². The highest BCUT2D eigenvalue weighted by molar-refractivity contribution is 5.84. The summed E-state index contributed by atoms with van der Waals surface area (Å²) in [6.45, 7) is 11.5. The number of rotatable bonds is 6. The van der Waals surface area contributed by atoms with E-state index >= 15 is 0 Å². The molecule has 1 amide bonds. The van der Waals surface area contributed by atoms with Crippen LogP contribution in [-0.2, 0) is 4.79 Å². The summed E-state index contributed by atoms with van der Waals surface area (Å²) in [4.78, 5) is 27.7. The van der Waals surface area contributed by atoms with Crippen molar-refractivity contribution < 1.29 is 13.9 Å². The van der Waals surface area contributed by atoms with Crippen LogP contribution in [0.1, 0.15) is 40.4 Å². The number of benzene rings is 2. The second-order valence-electron chi connectivity index (χ2n) is 8.08. The van der Waals surface area contributed by atoms with Crippen molar-refractivity contribution in [2.24, 2.45) is 0 Å². The van der Waals surface area contributed by atoms with Gasteiger partial charge in [-0.1, -0.05) is 30.3 Å². The number of aryl methyl sites for hydroxylation is 1. The van der Waals surface area contributed by atoms with Crippen molar-refractivity contribution in [3.8, 4) is 16.9 Å². The lowest BCUT2D eigenvalue weighted by Gasteiger charge is -2.33. The summed E-state index contributed by atoms with van der Waals surface area (Å²) in [5, 5.41) is 0.483. The molecule has 1 aromatic heterocycles. The molecule has 3 aromatic rings. The molecular formula is C25H29NO4. The van der Waals surface area contributed by atoms with Gasteiger partial charge in [0.15, 0.2) is 6.10 Å². The summed E-state index contributed by atoms with van der Waals surface area (Å²) in [5.41, 5.74) is 1.75. The van der Waals surface area contributed by atoms with Crippen LogP contribution in [0.3, 0.4) is 0 Å². The van der Waals surface area contributed by atoms with Gasteiger partial charge in [0.05, 0.1) is 10.9 Å². The predicted octanol–water partition coefficient (Wildman–Crippen LogP) is 5.18. The molecule has 1 heterocycles. The van der Waals surface area contributed by atoms with Crippen LogP contribution in [0.15, 0.2) is 57.7 Å². The summed E-state index contributed by atoms with van der Waals surface area (Å²) < 4.78 is 11.9. The van der Waals surface area contributed by atoms with Gasteiger partial charge in [0.1, 0.15) is 17.1 Å². The van der Waals surface area contributed by atoms with Crippen LogP contribution in [0.5, 0.6) is 5.75 Å². The number of hydrogen-bond acceptors (Lipinski definition) is 4. The Kier molecular flexibility index (Phi) is 6.30. The van der Waals surface area contributed by atoms with Crippen LogP contribution in [-0.4, -0.2) is 29.0 Å². The molecule has 0 aliphatic rings. The molecule has 5 nitrogen and oxygen atoms in total. The van der Waals surface area contributed by atoms with Gasteiger partial charge < -0.3 is 14.1 Å². The minimum atomic E-state index is -0.649. The Balaban J connectivity index is 1.93. The molecule has 0 fully saturated rings. The standard InChI is InChI=1S/C25H29NO4/c1-15(2)26(16(3)4)25(28)18(6)29-20-12-13-21-22(14-20)30-17(5)23(24(21)27)19-10-8-7-9-11-19/h7-16,18H,1-6H3/t18-/m1/s1. The van der Waals surface area contributed by atoms with Gasteiger partial charge >= 0.3 is 0 Å². The van der Waals surface area contributed by atoms with Crippen LogP contribution in [0, 0.1) is 6.92 Å². The molecule has 0 saturated heterocycles. The molecule has 0 spiro atoms. The van der Waals surface area contributed by atoms with Crippen LogP contribution in [0.25, 0.3) is 22.1 Å². The molecule has 30 heavy (non-hydrogen) atoms. The Morgan fingerprint density at radius 3 is 2.20 bits per heavy atom. The normalized spacial score (nSPS) is 12.4. The van der Waals surface area contributed by atoms with Gasteiger partial charge in [-0.25, -0.2) is 0 Å². The molecule has 0 unspecified atom stereocenters. The van der Waals surface area contributed by atoms with Gasteiger partial charge in [0.2, 0.25) is 5.43 Å². The Bertz CT molecular complexity index is 1090. The number of fused-ring (bicyclic) bond motifs is 1. The van der Waals surface area contributed by atoms with Crippen molar-refractivity contribution in [3.63, 3.8) is 0 Å². The van der Waals surface area contributed by atoms with Gasteiger partial charge in [0, 0.05) is 18.2 Å². The topological polar surface area (TPSA) is 59.8 Å². The van der Waals surface area contributed by atoms with Crippen molar-refractivity contribution in [2.45, 2.75) is 59.7 Å². The van der Waals surface area contributed by atoms with E-state index in [0.29, 0.717) is 28.0 Å². The Morgan fingerprint density at radius 2 is 1.60 bits per heavy atom. The average Bonchev–Trinajstić information content (AvgIpc) is 2.68. The maximum atomic E-state index is 13.1. The fraction of sp³-hybridized carbons (Fsp3) is 0.360. The third-order valence-electron chi connectivity index (χ3n) is 5.13. The SMILES string of the molecule is Cc1oc2cc(O[C@H](C)C(=O)N(C(C)C)C(C)C)ccc2c(=O)c1-c1ccccc1. The quantitative estimate of drug-likeness (QED) is 0.565. The van der Waals surface area contributed by atoms with Crippen molar-refractivity contribution in [2.75, 3.05) is 0 Å². The summed E-state index contributed by atoms with van der Waals surface area (Å²) in [7, 11) is 0. The van der Waals surface area contributed by atoms with Gasteiger partial charge in [-0.2, -0.15) is 0 Å². The zero-order valence-electron chi connectivity index (χ0n) is 18.4. The van der Waals surface area contributed by atoms with E-state index in [2.05, 4.69) is 0 Å². The number of carbonyl (C=O) groups excluding carboxylic acids is 1. The zero-order valence-corrected chi connectivity index (χ0v) is 18.4. The van der Waals surface area contributed by atoms with E-state index in [1.807, 2.05) is 62.9 Å². The summed E-state index contributed by atoms with van der Waals surface area (Å²) in [6.07, 6.45) is -0.649. The van der Waals surface area contributed by atoms with Crippen LogP contribution < -0.4 is 10.2 Å². The number of nitrogens with zero attached hydrogens (tertiary/aromatic N) is 1. The molecular weight excluding hydrogens is 378 g/mol. The Labute approximate surface area is 177 Å². The van der Waals surface area contributed by atoms with E-state index in [0.717, 1.165) is 5.56 Å². The Morgan fingerprint density at radius 1 is 0.967 bits per heavy atom. The maximum Gasteiger partial charge on any atom is 0.263 e. The largest absolute Gasteiger partial charge is 0.481 e. The summed E-state index contributed by atoms with van der Waals surface area (Å²) >= 11 is 0. The Hall–Kier alpha value is -3.08. The lowest BCUT2D eigenvalue weighted by atomic mass is 10.0. The lowest BCUT2D eigenvalue weighted by molar-refractivity contribution is -0.141. The van der Waals surface area contributed by atoms with E-state index in [-0.39, 0.29) is 23.4 Å². The number of ether oxygens (including phenoxy) is 1. The predicted molar refractivity (Wildman–Crippen MR) is 120 cm³/mol. The first-order valence-electron chi connectivity index (χ1n) is 10.3. The van der Waals surface area contributed by atoms with Gasteiger partial charge in [0.25, 0.3) is 5.91 Å². The van der Waals surface area contributed by atoms with Gasteiger partial charge in [-0.05, 0) is 59.2 Å². The first-order chi connectivity index (χ1) is 14.2. The molecule has 0 bridgehead atoms. The van der Waals surface area contributed by atoms with E-state index < -0.39 is 6.10 Å². The summed E-state index contributed by atoms with van der Waals surface area (Å²) in [6, 6.07) is 14.7. The van der Waals surface area contributed by atoms with Crippen LogP contribution in [0.4, 0.5) is 0 Å². The van der Waals surface area contributed by atoms with Crippen molar-refractivity contribution >= 4 is 16.9 Å². The molecule has 5 heteroatoms. The fourth-order valence-electron chi connectivity index (χ4n) is 3.87. The number of hydrogen-bond donors (Lipinski definition) is 0. The van der Waals surface area contributed by atoms with E-state index in [9.17, 15) is 9.59 Å². The van der Waals surface area contributed by atoms with Crippen LogP contribution in [0.2, 0.25) is 0 Å². The highest BCUT2D eigenvalue weighted by atomic mass is 16.5. The molecule has 3 rings (SSSR count). The van der Waals surface area contributed by atoms with E-state index in [1.165, 1.54) is 0 Å². The van der Waals surface area contributed by atoms with Crippen molar-refractivity contribution in [1.29, 1.82) is 0 Å². The minimum Gasteiger partial charge on any atom is -0.481 e. The monoisotopic (exact) mass is 407 g/mol. The molecule has 0 saturated carbocycles. The first-order valence-corrected chi connectivity index (χ1v) is 10.3. The highest BCUT2D eigenvalue weighted by Gasteiger charge is 2.26. The third-order valence-corrected chi connectivity index (χ3v) is 5.13. The smallest absolute Gasteiger partial charge is 0.263 e. The molecule has 0 aliphatic carbocycles. The molecule has 1 atom stereocenters. The molecule has 0 radical (unpaired) electrons. The fourth-order valence-corrected chi connectivity index (χ4v) is 3.87. The van der Waals surface area contributed by atoms with E-state index in [4.69, 9.17) is 9.15 Å². The van der Waals surface area contributed by atoms with E-state index in [1.54, 1.807) is 32.0 Å². The summed E-state index contributed by atoms with van der Waals surface area (Å²) in [5.74, 6) is 0.966. The second-order valence-corrected chi connectivity index (χ2v) is 8.08. The van der Waals surface area contributed by atoms with Gasteiger partial charge in [-0.3, -0.25) is 9.59 Å². The first kappa shape index (κ1) is 21.6. The lowest BCUT2D eigenvalue weighted by Crippen LogP contribution is -2.48. The molecule has 0 N–H and O–H groups in total. The van der Waals surface area contributed by atoms with Crippen molar-refractivity contribution in [3.05, 3.63) is 64.5 Å². The number of carbonyl (C=O) groups is 1. The second kappa shape index (κ2) is 8.74. The number of amides is 1.